The van der Waals surface area contributed by atoms with E-state index in [0.717, 1.165) is 6.07 Å². The van der Waals surface area contributed by atoms with Crippen LogP contribution in [0.5, 0.6) is 5.75 Å². The summed E-state index contributed by atoms with van der Waals surface area (Å²) in [5.41, 5.74) is 0.973. The molecule has 0 aliphatic carbocycles. The number of aliphatic hydroxyl groups excluding tert-OH is 1. The second-order valence-corrected chi connectivity index (χ2v) is 5.78. The Bertz CT molecular complexity index is 610. The van der Waals surface area contributed by atoms with Crippen molar-refractivity contribution in [3.8, 4) is 5.75 Å². The summed E-state index contributed by atoms with van der Waals surface area (Å²) in [6.07, 6.45) is 0. The average Bonchev–Trinajstić information content (AvgIpc) is 2.39. The van der Waals surface area contributed by atoms with Crippen LogP contribution in [0.2, 0.25) is 0 Å². The van der Waals surface area contributed by atoms with E-state index in [0.29, 0.717) is 20.3 Å². The van der Waals surface area contributed by atoms with Crippen LogP contribution in [-0.2, 0) is 13.2 Å². The van der Waals surface area contributed by atoms with E-state index in [1.807, 2.05) is 0 Å². The molecule has 2 aromatic carbocycles. The normalized spacial score (nSPS) is 10.7. The monoisotopic (exact) mass is 406 g/mol. The third-order valence-electron chi connectivity index (χ3n) is 2.63. The summed E-state index contributed by atoms with van der Waals surface area (Å²) in [5, 5.41) is 9.08. The topological polar surface area (TPSA) is 29.5 Å². The maximum absolute atomic E-state index is 13.5. The van der Waals surface area contributed by atoms with Gasteiger partial charge in [-0.3, -0.25) is 0 Å². The molecule has 0 saturated carbocycles. The van der Waals surface area contributed by atoms with Gasteiger partial charge >= 0.3 is 0 Å². The van der Waals surface area contributed by atoms with Crippen LogP contribution in [0.15, 0.2) is 39.3 Å². The zero-order valence-electron chi connectivity index (χ0n) is 10.2. The predicted molar refractivity (Wildman–Crippen MR) is 78.5 cm³/mol. The van der Waals surface area contributed by atoms with Crippen molar-refractivity contribution in [1.29, 1.82) is 0 Å². The van der Waals surface area contributed by atoms with Crippen LogP contribution < -0.4 is 4.74 Å². The predicted octanol–water partition coefficient (Wildman–Crippen LogP) is 4.56. The maximum Gasteiger partial charge on any atom is 0.148 e. The van der Waals surface area contributed by atoms with Gasteiger partial charge in [-0.1, -0.05) is 0 Å². The summed E-state index contributed by atoms with van der Waals surface area (Å²) in [7, 11) is 0. The number of halogens is 4. The van der Waals surface area contributed by atoms with Crippen LogP contribution >= 0.6 is 31.9 Å². The minimum Gasteiger partial charge on any atom is -0.486 e. The van der Waals surface area contributed by atoms with E-state index in [-0.39, 0.29) is 18.8 Å². The number of rotatable bonds is 4. The lowest BCUT2D eigenvalue weighted by atomic mass is 10.2. The van der Waals surface area contributed by atoms with E-state index < -0.39 is 11.6 Å². The van der Waals surface area contributed by atoms with Crippen molar-refractivity contribution in [2.45, 2.75) is 13.2 Å². The first kappa shape index (κ1) is 15.4. The molecule has 2 nitrogen and oxygen atoms in total. The van der Waals surface area contributed by atoms with Gasteiger partial charge in [0.25, 0.3) is 0 Å². The Balaban J connectivity index is 2.19. The number of ether oxygens (including phenoxy) is 1. The first-order valence-electron chi connectivity index (χ1n) is 5.66. The molecule has 0 radical (unpaired) electrons. The summed E-state index contributed by atoms with van der Waals surface area (Å²) in [6.45, 7) is -0.119. The molecule has 0 aliphatic rings. The van der Waals surface area contributed by atoms with Gasteiger partial charge in [0.2, 0.25) is 0 Å². The summed E-state index contributed by atoms with van der Waals surface area (Å²) in [6, 6.07) is 6.76. The fourth-order valence-electron chi connectivity index (χ4n) is 1.63. The van der Waals surface area contributed by atoms with E-state index >= 15 is 0 Å². The van der Waals surface area contributed by atoms with Crippen molar-refractivity contribution >= 4 is 31.9 Å². The molecule has 0 heterocycles. The highest BCUT2D eigenvalue weighted by molar-refractivity contribution is 9.11. The largest absolute Gasteiger partial charge is 0.486 e. The van der Waals surface area contributed by atoms with E-state index in [1.54, 1.807) is 12.1 Å². The Morgan fingerprint density at radius 2 is 1.70 bits per heavy atom. The Labute approximate surface area is 131 Å². The van der Waals surface area contributed by atoms with Crippen LogP contribution in [0.25, 0.3) is 0 Å². The summed E-state index contributed by atoms with van der Waals surface area (Å²) >= 11 is 6.65. The second kappa shape index (κ2) is 6.65. The molecule has 0 aliphatic heterocycles. The highest BCUT2D eigenvalue weighted by atomic mass is 79.9. The standard InChI is InChI=1S/C14H10Br2F2O2/c15-11-3-8(6-19)4-12(16)14(11)20-7-9-1-2-10(17)5-13(9)18/h1-5,19H,6-7H2. The van der Waals surface area contributed by atoms with Gasteiger partial charge in [0.15, 0.2) is 0 Å². The molecule has 0 atom stereocenters. The molecule has 106 valence electrons. The zero-order valence-corrected chi connectivity index (χ0v) is 13.3. The van der Waals surface area contributed by atoms with Crippen molar-refractivity contribution in [3.05, 3.63) is 62.0 Å². The minimum atomic E-state index is -0.649. The summed E-state index contributed by atoms with van der Waals surface area (Å²) in [4.78, 5) is 0. The van der Waals surface area contributed by atoms with Crippen molar-refractivity contribution < 1.29 is 18.6 Å². The van der Waals surface area contributed by atoms with Crippen LogP contribution in [0.4, 0.5) is 8.78 Å². The Kier molecular flexibility index (Phi) is 5.12. The molecule has 6 heteroatoms. The number of aliphatic hydroxyl groups is 1. The molecule has 0 amide bonds. The third kappa shape index (κ3) is 3.56. The second-order valence-electron chi connectivity index (χ2n) is 4.07. The lowest BCUT2D eigenvalue weighted by Crippen LogP contribution is -2.00. The van der Waals surface area contributed by atoms with Gasteiger partial charge in [0, 0.05) is 11.6 Å². The molecule has 20 heavy (non-hydrogen) atoms. The molecular formula is C14H10Br2F2O2. The van der Waals surface area contributed by atoms with E-state index in [2.05, 4.69) is 31.9 Å². The molecule has 1 N–H and O–H groups in total. The van der Waals surface area contributed by atoms with E-state index in [9.17, 15) is 8.78 Å². The SMILES string of the molecule is OCc1cc(Br)c(OCc2ccc(F)cc2F)c(Br)c1. The van der Waals surface area contributed by atoms with E-state index in [1.165, 1.54) is 12.1 Å². The Morgan fingerprint density at radius 1 is 1.05 bits per heavy atom. The van der Waals surface area contributed by atoms with Gasteiger partial charge in [0.05, 0.1) is 15.6 Å². The smallest absolute Gasteiger partial charge is 0.148 e. The van der Waals surface area contributed by atoms with Crippen molar-refractivity contribution in [3.63, 3.8) is 0 Å². The molecule has 0 unspecified atom stereocenters. The first-order valence-corrected chi connectivity index (χ1v) is 7.25. The molecule has 0 bridgehead atoms. The van der Waals surface area contributed by atoms with Crippen molar-refractivity contribution in [2.24, 2.45) is 0 Å². The number of hydrogen-bond donors (Lipinski definition) is 1. The van der Waals surface area contributed by atoms with Gasteiger partial charge in [0.1, 0.15) is 24.0 Å². The van der Waals surface area contributed by atoms with E-state index in [4.69, 9.17) is 9.84 Å². The molecule has 0 fully saturated rings. The number of benzene rings is 2. The average molecular weight is 408 g/mol. The van der Waals surface area contributed by atoms with Crippen LogP contribution in [0, 0.1) is 11.6 Å². The molecule has 0 spiro atoms. The summed E-state index contributed by atoms with van der Waals surface area (Å²) < 4.78 is 33.1. The van der Waals surface area contributed by atoms with Crippen molar-refractivity contribution in [2.75, 3.05) is 0 Å². The van der Waals surface area contributed by atoms with Crippen molar-refractivity contribution in [1.82, 2.24) is 0 Å². The molecule has 2 rings (SSSR count). The molecule has 0 saturated heterocycles. The molecule has 2 aromatic rings. The quantitative estimate of drug-likeness (QED) is 0.804. The fraction of sp³-hybridized carbons (Fsp3) is 0.143. The maximum atomic E-state index is 13.5. The lowest BCUT2D eigenvalue weighted by molar-refractivity contribution is 0.279. The van der Waals surface area contributed by atoms with Gasteiger partial charge in [-0.2, -0.15) is 0 Å². The highest BCUT2D eigenvalue weighted by Gasteiger charge is 2.11. The van der Waals surface area contributed by atoms with Gasteiger partial charge in [-0.25, -0.2) is 8.78 Å². The van der Waals surface area contributed by atoms with Gasteiger partial charge in [-0.15, -0.1) is 0 Å². The fourth-order valence-corrected chi connectivity index (χ4v) is 3.14. The van der Waals surface area contributed by atoms with Gasteiger partial charge in [-0.05, 0) is 61.7 Å². The Hall–Kier alpha value is -0.980. The molecule has 0 aromatic heterocycles. The third-order valence-corrected chi connectivity index (χ3v) is 3.81. The van der Waals surface area contributed by atoms with Crippen LogP contribution in [0.1, 0.15) is 11.1 Å². The van der Waals surface area contributed by atoms with Gasteiger partial charge < -0.3 is 9.84 Å². The Morgan fingerprint density at radius 3 is 2.25 bits per heavy atom. The summed E-state index contributed by atoms with van der Waals surface area (Å²) in [5.74, 6) is -0.781. The highest BCUT2D eigenvalue weighted by Crippen LogP contribution is 2.35. The minimum absolute atomic E-state index is 0.0260. The lowest BCUT2D eigenvalue weighted by Gasteiger charge is -2.12. The zero-order chi connectivity index (χ0) is 14.7. The van der Waals surface area contributed by atoms with Crippen LogP contribution in [-0.4, -0.2) is 5.11 Å². The first-order chi connectivity index (χ1) is 9.51. The number of hydrogen-bond acceptors (Lipinski definition) is 2. The van der Waals surface area contributed by atoms with Crippen LogP contribution in [0.3, 0.4) is 0 Å². The molecular weight excluding hydrogens is 398 g/mol.